The highest BCUT2D eigenvalue weighted by Gasteiger charge is 2.27. The highest BCUT2D eigenvalue weighted by atomic mass is 15.2. The Morgan fingerprint density at radius 3 is 2.60 bits per heavy atom. The summed E-state index contributed by atoms with van der Waals surface area (Å²) in [5.74, 6) is 1.16. The molecule has 0 bridgehead atoms. The zero-order valence-corrected chi connectivity index (χ0v) is 11.8. The summed E-state index contributed by atoms with van der Waals surface area (Å²) in [6, 6.07) is 8.58. The number of aromatic nitrogens is 2. The number of nitrogens with one attached hydrogen (secondary N) is 1. The molecular weight excluding hydrogens is 250 g/mol. The van der Waals surface area contributed by atoms with Gasteiger partial charge in [-0.2, -0.15) is 0 Å². The van der Waals surface area contributed by atoms with E-state index in [1.807, 2.05) is 24.3 Å². The monoisotopic (exact) mass is 271 g/mol. The van der Waals surface area contributed by atoms with E-state index in [4.69, 9.17) is 5.73 Å². The fourth-order valence-electron chi connectivity index (χ4n) is 2.50. The predicted octanol–water partition coefficient (Wildman–Crippen LogP) is 2.11. The van der Waals surface area contributed by atoms with Crippen LogP contribution < -0.4 is 11.1 Å². The van der Waals surface area contributed by atoms with Crippen LogP contribution in [0.2, 0.25) is 0 Å². The first-order valence-corrected chi connectivity index (χ1v) is 7.28. The molecule has 0 amide bonds. The van der Waals surface area contributed by atoms with Crippen molar-refractivity contribution in [3.05, 3.63) is 24.3 Å². The molecule has 5 nitrogen and oxygen atoms in total. The van der Waals surface area contributed by atoms with Crippen LogP contribution in [-0.4, -0.2) is 40.5 Å². The van der Waals surface area contributed by atoms with Crippen molar-refractivity contribution in [2.75, 3.05) is 30.7 Å². The molecule has 1 heterocycles. The van der Waals surface area contributed by atoms with Crippen LogP contribution in [0.25, 0.3) is 11.0 Å². The number of para-hydroxylation sites is 2. The Bertz CT molecular complexity index is 594. The smallest absolute Gasteiger partial charge is 0.169 e. The maximum atomic E-state index is 5.96. The van der Waals surface area contributed by atoms with E-state index in [0.717, 1.165) is 36.7 Å². The van der Waals surface area contributed by atoms with Crippen LogP contribution in [0.5, 0.6) is 0 Å². The van der Waals surface area contributed by atoms with E-state index in [1.165, 1.54) is 12.8 Å². The molecule has 106 valence electrons. The second kappa shape index (κ2) is 5.63. The molecule has 1 aromatic carbocycles. The van der Waals surface area contributed by atoms with Gasteiger partial charge in [-0.15, -0.1) is 0 Å². The van der Waals surface area contributed by atoms with Crippen LogP contribution in [-0.2, 0) is 0 Å². The summed E-state index contributed by atoms with van der Waals surface area (Å²) in [7, 11) is 0. The summed E-state index contributed by atoms with van der Waals surface area (Å²) in [6.07, 6.45) is 2.68. The van der Waals surface area contributed by atoms with E-state index in [0.29, 0.717) is 11.6 Å². The average Bonchev–Trinajstić information content (AvgIpc) is 3.28. The Morgan fingerprint density at radius 1 is 1.25 bits per heavy atom. The van der Waals surface area contributed by atoms with Gasteiger partial charge >= 0.3 is 0 Å². The number of hydrogen-bond acceptors (Lipinski definition) is 5. The number of nitrogen functional groups attached to an aromatic ring is 1. The second-order valence-corrected chi connectivity index (χ2v) is 5.23. The highest BCUT2D eigenvalue weighted by Crippen LogP contribution is 2.26. The van der Waals surface area contributed by atoms with Crippen molar-refractivity contribution in [2.45, 2.75) is 25.8 Å². The van der Waals surface area contributed by atoms with Gasteiger partial charge in [0, 0.05) is 19.1 Å². The molecule has 1 saturated carbocycles. The first kappa shape index (κ1) is 13.1. The van der Waals surface area contributed by atoms with Crippen LogP contribution in [0.15, 0.2) is 24.3 Å². The summed E-state index contributed by atoms with van der Waals surface area (Å²) in [4.78, 5) is 11.4. The first-order chi connectivity index (χ1) is 9.78. The molecule has 1 fully saturated rings. The third-order valence-corrected chi connectivity index (χ3v) is 3.76. The maximum absolute atomic E-state index is 5.96. The van der Waals surface area contributed by atoms with Crippen LogP contribution in [0, 0.1) is 0 Å². The Hall–Kier alpha value is -1.88. The fourth-order valence-corrected chi connectivity index (χ4v) is 2.50. The molecular formula is C15H21N5. The topological polar surface area (TPSA) is 67.1 Å². The maximum Gasteiger partial charge on any atom is 0.169 e. The standard InChI is InChI=1S/C15H21N5/c1-2-20(11-7-8-11)10-9-17-15-14(16)18-12-5-3-4-6-13(12)19-15/h3-6,11H,2,7-10H2,1H3,(H2,16,18)(H,17,19). The van der Waals surface area contributed by atoms with Crippen molar-refractivity contribution < 1.29 is 0 Å². The number of fused-ring (bicyclic) bond motifs is 1. The quantitative estimate of drug-likeness (QED) is 0.842. The minimum absolute atomic E-state index is 0.471. The molecule has 0 saturated heterocycles. The van der Waals surface area contributed by atoms with Gasteiger partial charge < -0.3 is 11.1 Å². The molecule has 3 N–H and O–H groups in total. The molecule has 3 rings (SSSR count). The molecule has 2 aromatic rings. The number of rotatable bonds is 6. The Labute approximate surface area is 119 Å². The summed E-state index contributed by atoms with van der Waals surface area (Å²) < 4.78 is 0. The summed E-state index contributed by atoms with van der Waals surface area (Å²) in [5.41, 5.74) is 7.67. The number of anilines is 2. The Balaban J connectivity index is 1.66. The lowest BCUT2D eigenvalue weighted by Gasteiger charge is -2.20. The van der Waals surface area contributed by atoms with Gasteiger partial charge in [-0.1, -0.05) is 19.1 Å². The predicted molar refractivity (Wildman–Crippen MR) is 82.7 cm³/mol. The minimum Gasteiger partial charge on any atom is -0.381 e. The number of hydrogen-bond donors (Lipinski definition) is 2. The lowest BCUT2D eigenvalue weighted by atomic mass is 10.3. The molecule has 0 unspecified atom stereocenters. The molecule has 0 aliphatic heterocycles. The van der Waals surface area contributed by atoms with Gasteiger partial charge in [0.1, 0.15) is 0 Å². The van der Waals surface area contributed by atoms with Crippen molar-refractivity contribution in [2.24, 2.45) is 0 Å². The van der Waals surface area contributed by atoms with Crippen LogP contribution in [0.1, 0.15) is 19.8 Å². The first-order valence-electron chi connectivity index (χ1n) is 7.28. The fraction of sp³-hybridized carbons (Fsp3) is 0.467. The second-order valence-electron chi connectivity index (χ2n) is 5.23. The molecule has 1 aliphatic rings. The molecule has 20 heavy (non-hydrogen) atoms. The van der Waals surface area contributed by atoms with E-state index in [9.17, 15) is 0 Å². The van der Waals surface area contributed by atoms with Gasteiger partial charge in [-0.05, 0) is 31.5 Å². The van der Waals surface area contributed by atoms with Crippen LogP contribution >= 0.6 is 0 Å². The van der Waals surface area contributed by atoms with Crippen molar-refractivity contribution in [1.82, 2.24) is 14.9 Å². The van der Waals surface area contributed by atoms with Gasteiger partial charge in [-0.3, -0.25) is 4.90 Å². The minimum atomic E-state index is 0.471. The number of nitrogens with zero attached hydrogens (tertiary/aromatic N) is 3. The molecule has 0 radical (unpaired) electrons. The lowest BCUT2D eigenvalue weighted by molar-refractivity contribution is 0.289. The highest BCUT2D eigenvalue weighted by molar-refractivity contribution is 5.79. The summed E-state index contributed by atoms with van der Waals surface area (Å²) in [5, 5.41) is 3.31. The molecule has 0 atom stereocenters. The lowest BCUT2D eigenvalue weighted by Crippen LogP contribution is -2.31. The van der Waals surface area contributed by atoms with Gasteiger partial charge in [0.25, 0.3) is 0 Å². The number of likely N-dealkylation sites (N-methyl/N-ethyl adjacent to an activating group) is 1. The van der Waals surface area contributed by atoms with E-state index in [2.05, 4.69) is 27.1 Å². The van der Waals surface area contributed by atoms with Gasteiger partial charge in [-0.25, -0.2) is 9.97 Å². The molecule has 5 heteroatoms. The molecule has 1 aromatic heterocycles. The van der Waals surface area contributed by atoms with E-state index in [-0.39, 0.29) is 0 Å². The van der Waals surface area contributed by atoms with E-state index in [1.54, 1.807) is 0 Å². The van der Waals surface area contributed by atoms with Gasteiger partial charge in [0.05, 0.1) is 11.0 Å². The third-order valence-electron chi connectivity index (χ3n) is 3.76. The van der Waals surface area contributed by atoms with Crippen molar-refractivity contribution in [3.63, 3.8) is 0 Å². The van der Waals surface area contributed by atoms with Crippen molar-refractivity contribution >= 4 is 22.7 Å². The largest absolute Gasteiger partial charge is 0.381 e. The van der Waals surface area contributed by atoms with Crippen molar-refractivity contribution in [3.8, 4) is 0 Å². The number of nitrogens with two attached hydrogens (primary N) is 1. The normalized spacial score (nSPS) is 14.9. The van der Waals surface area contributed by atoms with E-state index < -0.39 is 0 Å². The summed E-state index contributed by atoms with van der Waals surface area (Å²) in [6.45, 7) is 5.18. The average molecular weight is 271 g/mol. The SMILES string of the molecule is CCN(CCNc1nc2ccccc2nc1N)C1CC1. The van der Waals surface area contributed by atoms with Crippen LogP contribution in [0.3, 0.4) is 0 Å². The zero-order chi connectivity index (χ0) is 13.9. The Morgan fingerprint density at radius 2 is 1.95 bits per heavy atom. The third kappa shape index (κ3) is 2.82. The molecule has 0 spiro atoms. The van der Waals surface area contributed by atoms with Gasteiger partial charge in [0.2, 0.25) is 0 Å². The molecule has 1 aliphatic carbocycles. The zero-order valence-electron chi connectivity index (χ0n) is 11.8. The van der Waals surface area contributed by atoms with Gasteiger partial charge in [0.15, 0.2) is 11.6 Å². The summed E-state index contributed by atoms with van der Waals surface area (Å²) >= 11 is 0. The van der Waals surface area contributed by atoms with E-state index >= 15 is 0 Å². The number of benzene rings is 1. The van der Waals surface area contributed by atoms with Crippen LogP contribution in [0.4, 0.5) is 11.6 Å². The van der Waals surface area contributed by atoms with Crippen molar-refractivity contribution in [1.29, 1.82) is 0 Å². The Kier molecular flexibility index (Phi) is 3.69.